The Kier molecular flexibility index (Phi) is 12.1. The minimum absolute atomic E-state index is 0.265. The third kappa shape index (κ3) is 11.4. The van der Waals surface area contributed by atoms with E-state index in [-0.39, 0.29) is 5.75 Å². The molecule has 150 valence electrons. The van der Waals surface area contributed by atoms with Gasteiger partial charge in [0.05, 0.1) is 6.61 Å². The van der Waals surface area contributed by atoms with Crippen molar-refractivity contribution in [2.45, 2.75) is 77.6 Å². The van der Waals surface area contributed by atoms with Crippen LogP contribution in [-0.2, 0) is 10.3 Å². The molecule has 0 aromatic heterocycles. The Hall–Kier alpha value is -1.27. The van der Waals surface area contributed by atoms with Crippen molar-refractivity contribution in [1.29, 1.82) is 0 Å². The van der Waals surface area contributed by atoms with Crippen molar-refractivity contribution in [3.8, 4) is 11.5 Å². The highest BCUT2D eigenvalue weighted by Gasteiger charge is 2.08. The average Bonchev–Trinajstić information content (AvgIpc) is 2.64. The second-order valence-corrected chi connectivity index (χ2v) is 8.08. The highest BCUT2D eigenvalue weighted by Crippen LogP contribution is 2.19. The van der Waals surface area contributed by atoms with E-state index in [2.05, 4.69) is 11.6 Å². The Bertz CT molecular complexity index is 558. The van der Waals surface area contributed by atoms with Gasteiger partial charge in [-0.2, -0.15) is 13.1 Å². The Morgan fingerprint density at radius 3 is 1.73 bits per heavy atom. The fraction of sp³-hybridized carbons (Fsp3) is 0.700. The van der Waals surface area contributed by atoms with Crippen molar-refractivity contribution in [2.24, 2.45) is 0 Å². The molecule has 1 aromatic rings. The number of benzene rings is 1. The van der Waals surface area contributed by atoms with Gasteiger partial charge in [-0.1, -0.05) is 71.1 Å². The summed E-state index contributed by atoms with van der Waals surface area (Å²) in [6, 6.07) is 6.62. The molecule has 0 bridgehead atoms. The lowest BCUT2D eigenvalue weighted by atomic mass is 10.1. The number of unbranched alkanes of at least 4 members (excludes halogenated alkanes) is 10. The molecular weight excluding hydrogens is 350 g/mol. The maximum absolute atomic E-state index is 11.3. The van der Waals surface area contributed by atoms with E-state index in [1.54, 1.807) is 24.3 Å². The van der Waals surface area contributed by atoms with Crippen molar-refractivity contribution < 1.29 is 17.3 Å². The standard InChI is InChI=1S/C20H35NO4S/c1-3-4-5-6-7-8-9-10-11-12-13-18-24-19-14-16-20(17-15-19)25-26(22,23)21-2/h14-17,21H,3-13,18H2,1-2H3. The van der Waals surface area contributed by atoms with Crippen molar-refractivity contribution in [3.63, 3.8) is 0 Å². The van der Waals surface area contributed by atoms with Crippen LogP contribution in [0.15, 0.2) is 24.3 Å². The molecule has 0 aliphatic carbocycles. The van der Waals surface area contributed by atoms with Crippen molar-refractivity contribution >= 4 is 10.3 Å². The average molecular weight is 386 g/mol. The minimum Gasteiger partial charge on any atom is -0.494 e. The molecule has 0 saturated heterocycles. The van der Waals surface area contributed by atoms with Crippen LogP contribution in [0.3, 0.4) is 0 Å². The van der Waals surface area contributed by atoms with Gasteiger partial charge in [0, 0.05) is 7.05 Å². The van der Waals surface area contributed by atoms with Gasteiger partial charge < -0.3 is 8.92 Å². The Morgan fingerprint density at radius 2 is 1.23 bits per heavy atom. The predicted molar refractivity (Wildman–Crippen MR) is 107 cm³/mol. The first-order valence-electron chi connectivity index (χ1n) is 9.93. The van der Waals surface area contributed by atoms with E-state index < -0.39 is 10.3 Å². The summed E-state index contributed by atoms with van der Waals surface area (Å²) in [6.07, 6.45) is 14.4. The summed E-state index contributed by atoms with van der Waals surface area (Å²) in [5.41, 5.74) is 0. The zero-order valence-corrected chi connectivity index (χ0v) is 17.2. The summed E-state index contributed by atoms with van der Waals surface area (Å²) in [6.45, 7) is 2.94. The van der Waals surface area contributed by atoms with E-state index in [1.165, 1.54) is 71.3 Å². The lowest BCUT2D eigenvalue weighted by molar-refractivity contribution is 0.304. The van der Waals surface area contributed by atoms with Crippen LogP contribution in [0.25, 0.3) is 0 Å². The molecule has 0 radical (unpaired) electrons. The monoisotopic (exact) mass is 385 g/mol. The maximum atomic E-state index is 11.3. The molecule has 0 saturated carbocycles. The molecule has 0 aliphatic rings. The van der Waals surface area contributed by atoms with Gasteiger partial charge in [0.2, 0.25) is 0 Å². The highest BCUT2D eigenvalue weighted by atomic mass is 32.2. The molecule has 0 fully saturated rings. The predicted octanol–water partition coefficient (Wildman–Crippen LogP) is 5.22. The topological polar surface area (TPSA) is 64.6 Å². The number of hydrogen-bond donors (Lipinski definition) is 1. The van der Waals surface area contributed by atoms with Gasteiger partial charge in [0.1, 0.15) is 11.5 Å². The van der Waals surface area contributed by atoms with Crippen molar-refractivity contribution in [1.82, 2.24) is 4.72 Å². The molecule has 26 heavy (non-hydrogen) atoms. The third-order valence-electron chi connectivity index (χ3n) is 4.30. The SMILES string of the molecule is CCCCCCCCCCCCCOc1ccc(OS(=O)(=O)NC)cc1. The Morgan fingerprint density at radius 1 is 0.769 bits per heavy atom. The van der Waals surface area contributed by atoms with Gasteiger partial charge in [0.25, 0.3) is 0 Å². The second-order valence-electron chi connectivity index (χ2n) is 6.60. The van der Waals surface area contributed by atoms with Crippen molar-refractivity contribution in [2.75, 3.05) is 13.7 Å². The first-order valence-corrected chi connectivity index (χ1v) is 11.3. The Labute approximate surface area is 159 Å². The van der Waals surface area contributed by atoms with Gasteiger partial charge in [-0.05, 0) is 30.7 Å². The van der Waals surface area contributed by atoms with Crippen LogP contribution in [0.4, 0.5) is 0 Å². The van der Waals surface area contributed by atoms with Crippen LogP contribution in [-0.4, -0.2) is 22.1 Å². The largest absolute Gasteiger partial charge is 0.494 e. The van der Waals surface area contributed by atoms with E-state index in [9.17, 15) is 8.42 Å². The summed E-state index contributed by atoms with van der Waals surface area (Å²) in [4.78, 5) is 0. The van der Waals surface area contributed by atoms with Gasteiger partial charge >= 0.3 is 10.3 Å². The summed E-state index contributed by atoms with van der Waals surface area (Å²) < 4.78 is 35.2. The van der Waals surface area contributed by atoms with Crippen LogP contribution in [0, 0.1) is 0 Å². The maximum Gasteiger partial charge on any atom is 0.382 e. The molecular formula is C20H35NO4S. The molecule has 6 heteroatoms. The fourth-order valence-electron chi connectivity index (χ4n) is 2.72. The first kappa shape index (κ1) is 22.8. The Balaban J connectivity index is 2.01. The number of ether oxygens (including phenoxy) is 1. The number of hydrogen-bond acceptors (Lipinski definition) is 4. The molecule has 1 aromatic carbocycles. The molecule has 1 N–H and O–H groups in total. The normalized spacial score (nSPS) is 11.5. The third-order valence-corrected chi connectivity index (χ3v) is 5.21. The van der Waals surface area contributed by atoms with Gasteiger partial charge in [-0.25, -0.2) is 0 Å². The summed E-state index contributed by atoms with van der Waals surface area (Å²) in [7, 11) is -2.41. The lowest BCUT2D eigenvalue weighted by Crippen LogP contribution is -2.24. The summed E-state index contributed by atoms with van der Waals surface area (Å²) in [5.74, 6) is 0.993. The van der Waals surface area contributed by atoms with E-state index >= 15 is 0 Å². The van der Waals surface area contributed by atoms with E-state index in [4.69, 9.17) is 8.92 Å². The molecule has 0 atom stereocenters. The molecule has 5 nitrogen and oxygen atoms in total. The fourth-order valence-corrected chi connectivity index (χ4v) is 3.16. The molecule has 0 heterocycles. The van der Waals surface area contributed by atoms with Gasteiger partial charge in [-0.15, -0.1) is 0 Å². The van der Waals surface area contributed by atoms with Gasteiger partial charge in [0.15, 0.2) is 0 Å². The number of rotatable bonds is 16. The number of nitrogens with one attached hydrogen (secondary N) is 1. The lowest BCUT2D eigenvalue weighted by Gasteiger charge is -2.08. The van der Waals surface area contributed by atoms with Crippen LogP contribution >= 0.6 is 0 Å². The molecule has 0 unspecified atom stereocenters. The smallest absolute Gasteiger partial charge is 0.382 e. The van der Waals surface area contributed by atoms with Crippen LogP contribution in [0.5, 0.6) is 11.5 Å². The quantitative estimate of drug-likeness (QED) is 0.396. The molecule has 0 aliphatic heterocycles. The zero-order valence-electron chi connectivity index (χ0n) is 16.3. The summed E-state index contributed by atoms with van der Waals surface area (Å²) in [5, 5.41) is 0. The van der Waals surface area contributed by atoms with E-state index in [0.717, 1.165) is 12.2 Å². The van der Waals surface area contributed by atoms with Crippen LogP contribution in [0.2, 0.25) is 0 Å². The summed E-state index contributed by atoms with van der Waals surface area (Å²) >= 11 is 0. The second kappa shape index (κ2) is 13.9. The first-order chi connectivity index (χ1) is 12.6. The van der Waals surface area contributed by atoms with Crippen molar-refractivity contribution in [3.05, 3.63) is 24.3 Å². The van der Waals surface area contributed by atoms with Gasteiger partial charge in [-0.3, -0.25) is 0 Å². The van der Waals surface area contributed by atoms with E-state index in [1.807, 2.05) is 0 Å². The zero-order chi connectivity index (χ0) is 19.1. The molecule has 1 rings (SSSR count). The highest BCUT2D eigenvalue weighted by molar-refractivity contribution is 7.85. The van der Waals surface area contributed by atoms with E-state index in [0.29, 0.717) is 6.61 Å². The minimum atomic E-state index is -3.72. The molecule has 0 amide bonds. The van der Waals surface area contributed by atoms with Crippen LogP contribution in [0.1, 0.15) is 77.6 Å². The molecule has 0 spiro atoms. The van der Waals surface area contributed by atoms with Crippen LogP contribution < -0.4 is 13.6 Å².